The first kappa shape index (κ1) is 22.4. The molecule has 0 saturated heterocycles. The van der Waals surface area contributed by atoms with Crippen LogP contribution in [0.5, 0.6) is 0 Å². The van der Waals surface area contributed by atoms with E-state index in [-0.39, 0.29) is 11.1 Å². The lowest BCUT2D eigenvalue weighted by molar-refractivity contribution is 0.0686. The number of carboxylic acids is 2. The summed E-state index contributed by atoms with van der Waals surface area (Å²) in [6, 6.07) is 9.15. The van der Waals surface area contributed by atoms with Crippen LogP contribution < -0.4 is 0 Å². The molecular weight excluding hydrogens is 364 g/mol. The number of isocyanates is 2. The maximum absolute atomic E-state index is 10.7. The Balaban J connectivity index is 0.000000295. The van der Waals surface area contributed by atoms with Crippen molar-refractivity contribution < 1.29 is 29.4 Å². The van der Waals surface area contributed by atoms with Gasteiger partial charge in [0, 0.05) is 0 Å². The normalized spacial score (nSPS) is 9.43. The summed E-state index contributed by atoms with van der Waals surface area (Å²) >= 11 is 0. The second-order valence-electron chi connectivity index (χ2n) is 5.75. The lowest BCUT2D eigenvalue weighted by atomic mass is 10.0. The predicted octanol–water partition coefficient (Wildman–Crippen LogP) is 3.45. The maximum Gasteiger partial charge on any atom is 0.335 e. The number of aliphatic imine (C=N–C) groups is 2. The average molecular weight is 384 g/mol. The Morgan fingerprint density at radius 2 is 1.11 bits per heavy atom. The van der Waals surface area contributed by atoms with Crippen molar-refractivity contribution in [2.24, 2.45) is 9.98 Å². The molecule has 0 aliphatic rings. The summed E-state index contributed by atoms with van der Waals surface area (Å²) in [6.45, 7) is 1.11. The van der Waals surface area contributed by atoms with Gasteiger partial charge in [-0.1, -0.05) is 25.0 Å². The smallest absolute Gasteiger partial charge is 0.335 e. The highest BCUT2D eigenvalue weighted by molar-refractivity contribution is 5.97. The van der Waals surface area contributed by atoms with E-state index in [0.29, 0.717) is 23.9 Å². The number of benzene rings is 2. The van der Waals surface area contributed by atoms with E-state index in [9.17, 15) is 19.2 Å². The van der Waals surface area contributed by atoms with Gasteiger partial charge in [0.15, 0.2) is 0 Å². The molecule has 0 atom stereocenters. The molecule has 28 heavy (non-hydrogen) atoms. The summed E-state index contributed by atoms with van der Waals surface area (Å²) in [5, 5.41) is 19.0. The summed E-state index contributed by atoms with van der Waals surface area (Å²) in [5.74, 6) is -1.99. The Morgan fingerprint density at radius 3 is 1.43 bits per heavy atom. The largest absolute Gasteiger partial charge is 0.478 e. The molecule has 0 aliphatic carbocycles. The van der Waals surface area contributed by atoms with Crippen molar-refractivity contribution in [3.8, 4) is 0 Å². The minimum absolute atomic E-state index is 0.190. The van der Waals surface area contributed by atoms with Gasteiger partial charge in [0.05, 0.1) is 24.2 Å². The molecule has 146 valence electrons. The highest BCUT2D eigenvalue weighted by atomic mass is 16.4. The number of hydrogen-bond donors (Lipinski definition) is 2. The van der Waals surface area contributed by atoms with Crippen LogP contribution in [0.25, 0.3) is 10.8 Å². The Bertz CT molecular complexity index is 837. The highest BCUT2D eigenvalue weighted by Gasteiger charge is 2.06. The van der Waals surface area contributed by atoms with Crippen LogP contribution in [0.1, 0.15) is 46.4 Å². The molecule has 0 unspecified atom stereocenters. The van der Waals surface area contributed by atoms with Gasteiger partial charge in [-0.3, -0.25) is 0 Å². The molecule has 2 rings (SSSR count). The summed E-state index contributed by atoms with van der Waals surface area (Å²) in [5.41, 5.74) is 0.381. The Morgan fingerprint density at radius 1 is 0.714 bits per heavy atom. The van der Waals surface area contributed by atoms with Gasteiger partial charge in [-0.05, 0) is 47.9 Å². The van der Waals surface area contributed by atoms with E-state index in [2.05, 4.69) is 9.98 Å². The zero-order valence-corrected chi connectivity index (χ0v) is 15.1. The molecule has 2 aromatic carbocycles. The van der Waals surface area contributed by atoms with Gasteiger partial charge in [-0.2, -0.15) is 0 Å². The number of rotatable bonds is 9. The number of carbonyl (C=O) groups excluding carboxylic acids is 2. The molecule has 0 fully saturated rings. The zero-order chi connectivity index (χ0) is 20.8. The number of aromatic carboxylic acids is 2. The van der Waals surface area contributed by atoms with Crippen LogP contribution in [0.3, 0.4) is 0 Å². The van der Waals surface area contributed by atoms with E-state index in [0.717, 1.165) is 25.7 Å². The molecule has 0 heterocycles. The summed E-state index contributed by atoms with van der Waals surface area (Å²) in [4.78, 5) is 47.5. The van der Waals surface area contributed by atoms with Gasteiger partial charge in [0.25, 0.3) is 0 Å². The lowest BCUT2D eigenvalue weighted by Crippen LogP contribution is -1.97. The van der Waals surface area contributed by atoms with Gasteiger partial charge in [0.2, 0.25) is 12.2 Å². The van der Waals surface area contributed by atoms with Crippen LogP contribution in [0.15, 0.2) is 46.4 Å². The summed E-state index contributed by atoms with van der Waals surface area (Å²) < 4.78 is 0. The number of carboxylic acid groups (broad SMARTS) is 2. The molecule has 0 radical (unpaired) electrons. The van der Waals surface area contributed by atoms with Gasteiger partial charge < -0.3 is 10.2 Å². The zero-order valence-electron chi connectivity index (χ0n) is 15.1. The fourth-order valence-corrected chi connectivity index (χ4v) is 2.34. The molecule has 0 bridgehead atoms. The minimum Gasteiger partial charge on any atom is -0.478 e. The van der Waals surface area contributed by atoms with Gasteiger partial charge in [-0.25, -0.2) is 29.2 Å². The monoisotopic (exact) mass is 384 g/mol. The molecule has 0 spiro atoms. The quantitative estimate of drug-likeness (QED) is 0.386. The minimum atomic E-state index is -0.996. The fraction of sp³-hybridized carbons (Fsp3) is 0.300. The van der Waals surface area contributed by atoms with Crippen molar-refractivity contribution in [3.05, 3.63) is 47.5 Å². The molecule has 0 saturated carbocycles. The molecule has 0 aromatic heterocycles. The van der Waals surface area contributed by atoms with Crippen molar-refractivity contribution in [1.29, 1.82) is 0 Å². The SMILES string of the molecule is O=C(O)c1ccc2cc(C(=O)O)ccc2c1.O=C=NCCCCCCN=C=O. The van der Waals surface area contributed by atoms with Crippen molar-refractivity contribution >= 4 is 34.9 Å². The number of unbranched alkanes of at least 4 members (excludes halogenated alkanes) is 3. The number of fused-ring (bicyclic) bond motifs is 1. The van der Waals surface area contributed by atoms with E-state index in [1.807, 2.05) is 0 Å². The Hall–Kier alpha value is -3.60. The van der Waals surface area contributed by atoms with Crippen molar-refractivity contribution in [2.75, 3.05) is 13.1 Å². The maximum atomic E-state index is 10.7. The molecule has 8 nitrogen and oxygen atoms in total. The Kier molecular flexibility index (Phi) is 10.2. The molecular formula is C20H20N2O6. The third-order valence-corrected chi connectivity index (χ3v) is 3.75. The first-order chi connectivity index (χ1) is 13.5. The van der Waals surface area contributed by atoms with Gasteiger partial charge in [-0.15, -0.1) is 0 Å². The second kappa shape index (κ2) is 12.7. The number of nitrogens with zero attached hydrogens (tertiary/aromatic N) is 2. The number of hydrogen-bond acceptors (Lipinski definition) is 6. The van der Waals surface area contributed by atoms with Crippen LogP contribution >= 0.6 is 0 Å². The van der Waals surface area contributed by atoms with Crippen molar-refractivity contribution in [2.45, 2.75) is 25.7 Å². The van der Waals surface area contributed by atoms with E-state index >= 15 is 0 Å². The first-order valence-electron chi connectivity index (χ1n) is 8.57. The third kappa shape index (κ3) is 8.19. The standard InChI is InChI=1S/C12H8O4.C8H12N2O2/c13-11(14)9-3-1-7-5-10(12(15)16)4-2-8(7)6-9;11-7-9-5-3-1-2-4-6-10-8-12/h1-6H,(H,13,14)(H,15,16);1-6H2. The van der Waals surface area contributed by atoms with E-state index in [4.69, 9.17) is 10.2 Å². The molecule has 0 amide bonds. The van der Waals surface area contributed by atoms with Crippen molar-refractivity contribution in [3.63, 3.8) is 0 Å². The van der Waals surface area contributed by atoms with Crippen LogP contribution in [0.2, 0.25) is 0 Å². The lowest BCUT2D eigenvalue weighted by Gasteiger charge is -2.01. The fourth-order valence-electron chi connectivity index (χ4n) is 2.34. The van der Waals surface area contributed by atoms with Crippen LogP contribution in [0, 0.1) is 0 Å². The third-order valence-electron chi connectivity index (χ3n) is 3.75. The van der Waals surface area contributed by atoms with Crippen LogP contribution in [-0.2, 0) is 9.59 Å². The first-order valence-corrected chi connectivity index (χ1v) is 8.57. The van der Waals surface area contributed by atoms with Crippen LogP contribution in [0.4, 0.5) is 0 Å². The van der Waals surface area contributed by atoms with E-state index < -0.39 is 11.9 Å². The van der Waals surface area contributed by atoms with Gasteiger partial charge >= 0.3 is 11.9 Å². The molecule has 0 aliphatic heterocycles. The number of carbonyl (C=O) groups is 2. The highest BCUT2D eigenvalue weighted by Crippen LogP contribution is 2.18. The van der Waals surface area contributed by atoms with E-state index in [1.165, 1.54) is 36.4 Å². The topological polar surface area (TPSA) is 133 Å². The molecule has 8 heteroatoms. The molecule has 2 aromatic rings. The van der Waals surface area contributed by atoms with E-state index in [1.54, 1.807) is 12.1 Å². The average Bonchev–Trinajstić information content (AvgIpc) is 2.69. The van der Waals surface area contributed by atoms with Crippen molar-refractivity contribution in [1.82, 2.24) is 0 Å². The van der Waals surface area contributed by atoms with Gasteiger partial charge in [0.1, 0.15) is 0 Å². The van der Waals surface area contributed by atoms with Crippen LogP contribution in [-0.4, -0.2) is 47.4 Å². The predicted molar refractivity (Wildman–Crippen MR) is 102 cm³/mol. The second-order valence-corrected chi connectivity index (χ2v) is 5.75. The summed E-state index contributed by atoms with van der Waals surface area (Å²) in [7, 11) is 0. The summed E-state index contributed by atoms with van der Waals surface area (Å²) in [6.07, 6.45) is 6.80. The Labute approximate surface area is 161 Å². The molecule has 2 N–H and O–H groups in total.